The topological polar surface area (TPSA) is 110 Å². The van der Waals surface area contributed by atoms with Crippen molar-refractivity contribution in [1.29, 1.82) is 5.41 Å². The first kappa shape index (κ1) is 22.4. The molecule has 32 heavy (non-hydrogen) atoms. The second-order valence-electron chi connectivity index (χ2n) is 8.13. The Morgan fingerprint density at radius 2 is 2.19 bits per heavy atom. The molecule has 0 spiro atoms. The Morgan fingerprint density at radius 1 is 1.41 bits per heavy atom. The first-order valence-electron chi connectivity index (χ1n) is 10.4. The molecule has 3 heterocycles. The third-order valence-corrected chi connectivity index (χ3v) is 6.29. The van der Waals surface area contributed by atoms with Crippen LogP contribution in [0.1, 0.15) is 30.6 Å². The zero-order valence-electron chi connectivity index (χ0n) is 17.8. The minimum atomic E-state index is -0.506. The molecule has 0 saturated carbocycles. The van der Waals surface area contributed by atoms with Crippen molar-refractivity contribution in [3.63, 3.8) is 0 Å². The van der Waals surface area contributed by atoms with E-state index >= 15 is 0 Å². The molecule has 1 aromatic rings. The first-order valence-corrected chi connectivity index (χ1v) is 10.7. The van der Waals surface area contributed by atoms with Gasteiger partial charge in [0.25, 0.3) is 5.91 Å². The fourth-order valence-electron chi connectivity index (χ4n) is 4.01. The molecule has 0 bridgehead atoms. The van der Waals surface area contributed by atoms with Crippen LogP contribution in [0.2, 0.25) is 0 Å². The number of carbonyl (C=O) groups is 1. The lowest BCUT2D eigenvalue weighted by molar-refractivity contribution is 0.0796. The molecule has 4 rings (SSSR count). The van der Waals surface area contributed by atoms with Gasteiger partial charge in [0, 0.05) is 36.3 Å². The van der Waals surface area contributed by atoms with E-state index in [0.717, 1.165) is 5.70 Å². The lowest BCUT2D eigenvalue weighted by Crippen LogP contribution is -2.30. The molecule has 4 N–H and O–H groups in total. The van der Waals surface area contributed by atoms with Crippen LogP contribution >= 0.6 is 11.6 Å². The summed E-state index contributed by atoms with van der Waals surface area (Å²) in [7, 11) is 0. The Hall–Kier alpha value is -2.75. The van der Waals surface area contributed by atoms with Crippen molar-refractivity contribution >= 4 is 28.9 Å². The van der Waals surface area contributed by atoms with Crippen LogP contribution in [0, 0.1) is 11.2 Å². The summed E-state index contributed by atoms with van der Waals surface area (Å²) in [5.41, 5.74) is 2.49. The quantitative estimate of drug-likeness (QED) is 0.549. The minimum Gasteiger partial charge on any atom is -0.488 e. The Kier molecular flexibility index (Phi) is 6.32. The molecule has 8 nitrogen and oxygen atoms in total. The van der Waals surface area contributed by atoms with E-state index in [1.807, 2.05) is 6.92 Å². The summed E-state index contributed by atoms with van der Waals surface area (Å²) in [4.78, 5) is 19.2. The van der Waals surface area contributed by atoms with E-state index in [9.17, 15) is 14.3 Å². The van der Waals surface area contributed by atoms with E-state index in [1.165, 1.54) is 23.1 Å². The average molecular weight is 462 g/mol. The van der Waals surface area contributed by atoms with Gasteiger partial charge < -0.3 is 30.8 Å². The molecule has 2 fully saturated rings. The predicted octanol–water partition coefficient (Wildman–Crippen LogP) is 2.15. The normalized spacial score (nSPS) is 25.8. The third-order valence-electron chi connectivity index (χ3n) is 5.74. The molecule has 3 aliphatic rings. The molecule has 3 aliphatic heterocycles. The largest absolute Gasteiger partial charge is 0.488 e. The Morgan fingerprint density at radius 3 is 2.88 bits per heavy atom. The maximum atomic E-state index is 13.9. The van der Waals surface area contributed by atoms with Gasteiger partial charge in [-0.25, -0.2) is 9.38 Å². The highest BCUT2D eigenvalue weighted by Gasteiger charge is 2.33. The van der Waals surface area contributed by atoms with Crippen LogP contribution in [0.4, 0.5) is 4.39 Å². The molecule has 2 saturated heterocycles. The summed E-state index contributed by atoms with van der Waals surface area (Å²) < 4.78 is 19.9. The first-order chi connectivity index (χ1) is 15.3. The molecule has 2 unspecified atom stereocenters. The molecular formula is C22H25ClFN5O3. The van der Waals surface area contributed by atoms with Gasteiger partial charge >= 0.3 is 0 Å². The van der Waals surface area contributed by atoms with Gasteiger partial charge in [0.2, 0.25) is 0 Å². The lowest BCUT2D eigenvalue weighted by Gasteiger charge is -2.20. The second-order valence-corrected chi connectivity index (χ2v) is 8.51. The number of aliphatic imine (C=N–C) groups is 1. The minimum absolute atomic E-state index is 0.0159. The fourth-order valence-corrected chi connectivity index (χ4v) is 4.10. The van der Waals surface area contributed by atoms with Crippen LogP contribution in [0.5, 0.6) is 5.75 Å². The molecule has 0 aliphatic carbocycles. The maximum absolute atomic E-state index is 13.9. The Bertz CT molecular complexity index is 1070. The number of ether oxygens (including phenoxy) is 1. The van der Waals surface area contributed by atoms with Gasteiger partial charge in [0.1, 0.15) is 23.5 Å². The summed E-state index contributed by atoms with van der Waals surface area (Å²) in [6, 6.07) is 3.74. The number of rotatable bonds is 4. The standard InChI is InChI=1S/C22H25ClFN5O3/c1-11-20(23)12(2)28-21(27-11)17-8-29(9-18(17)25)22(31)16-4-3-13(24)5-19(16)32-15-6-14(10-30)26-7-15/h3-5,14-15,25-27,30H,6-10H2,1-2H3/b21-17+,25-18?. The van der Waals surface area contributed by atoms with Gasteiger partial charge in [0.05, 0.1) is 41.7 Å². The number of nitrogens with zero attached hydrogens (tertiary/aromatic N) is 2. The third kappa shape index (κ3) is 4.41. The van der Waals surface area contributed by atoms with Crippen molar-refractivity contribution in [2.24, 2.45) is 4.99 Å². The Labute approximate surface area is 190 Å². The monoisotopic (exact) mass is 461 g/mol. The highest BCUT2D eigenvalue weighted by atomic mass is 35.5. The zero-order chi connectivity index (χ0) is 23.0. The summed E-state index contributed by atoms with van der Waals surface area (Å²) in [6.07, 6.45) is 0.280. The van der Waals surface area contributed by atoms with E-state index in [4.69, 9.17) is 21.7 Å². The van der Waals surface area contributed by atoms with Crippen molar-refractivity contribution in [1.82, 2.24) is 15.5 Å². The van der Waals surface area contributed by atoms with Crippen LogP contribution in [0.15, 0.2) is 45.3 Å². The zero-order valence-corrected chi connectivity index (χ0v) is 18.6. The molecule has 0 radical (unpaired) electrons. The number of aliphatic hydroxyl groups excluding tert-OH is 1. The van der Waals surface area contributed by atoms with Crippen molar-refractivity contribution in [2.45, 2.75) is 32.4 Å². The van der Waals surface area contributed by atoms with Gasteiger partial charge in [-0.1, -0.05) is 11.6 Å². The van der Waals surface area contributed by atoms with Crippen LogP contribution < -0.4 is 15.4 Å². The molecule has 1 aromatic carbocycles. The summed E-state index contributed by atoms with van der Waals surface area (Å²) in [6.45, 7) is 4.39. The smallest absolute Gasteiger partial charge is 0.258 e. The molecule has 170 valence electrons. The molecule has 10 heteroatoms. The molecule has 1 amide bonds. The van der Waals surface area contributed by atoms with Crippen LogP contribution in [0.3, 0.4) is 0 Å². The molecule has 2 atom stereocenters. The average Bonchev–Trinajstić information content (AvgIpc) is 3.37. The van der Waals surface area contributed by atoms with E-state index in [2.05, 4.69) is 15.6 Å². The number of hydrogen-bond donors (Lipinski definition) is 4. The highest BCUT2D eigenvalue weighted by Crippen LogP contribution is 2.28. The maximum Gasteiger partial charge on any atom is 0.258 e. The number of allylic oxidation sites excluding steroid dienone is 2. The van der Waals surface area contributed by atoms with Crippen LogP contribution in [0.25, 0.3) is 0 Å². The summed E-state index contributed by atoms with van der Waals surface area (Å²) in [5.74, 6) is -0.198. The number of carbonyl (C=O) groups excluding carboxylic acids is 1. The predicted molar refractivity (Wildman–Crippen MR) is 120 cm³/mol. The molecule has 0 aromatic heterocycles. The van der Waals surface area contributed by atoms with Gasteiger partial charge in [-0.3, -0.25) is 4.79 Å². The van der Waals surface area contributed by atoms with Crippen molar-refractivity contribution in [3.8, 4) is 5.75 Å². The van der Waals surface area contributed by atoms with Crippen molar-refractivity contribution < 1.29 is 19.0 Å². The second kappa shape index (κ2) is 9.01. The fraction of sp³-hybridized carbons (Fsp3) is 0.409. The van der Waals surface area contributed by atoms with Crippen molar-refractivity contribution in [3.05, 3.63) is 51.7 Å². The number of aliphatic hydroxyl groups is 1. The summed E-state index contributed by atoms with van der Waals surface area (Å²) >= 11 is 6.19. The SMILES string of the molecule is CC1=N/C(=C2\CN(C(=O)c3ccc(F)cc3OC3CNC(CO)C3)CC2=N)NC(C)=C1Cl. The van der Waals surface area contributed by atoms with Crippen molar-refractivity contribution in [2.75, 3.05) is 26.2 Å². The van der Waals surface area contributed by atoms with Crippen LogP contribution in [-0.2, 0) is 0 Å². The number of benzene rings is 1. The number of nitrogens with one attached hydrogen (secondary N) is 3. The van der Waals surface area contributed by atoms with Gasteiger partial charge in [0.15, 0.2) is 0 Å². The number of amides is 1. The number of hydrogen-bond acceptors (Lipinski definition) is 7. The number of halogens is 2. The van der Waals surface area contributed by atoms with Gasteiger partial charge in [-0.2, -0.15) is 0 Å². The number of likely N-dealkylation sites (tertiary alicyclic amines) is 1. The lowest BCUT2D eigenvalue weighted by atomic mass is 10.1. The van der Waals surface area contributed by atoms with Gasteiger partial charge in [-0.15, -0.1) is 0 Å². The molecular weight excluding hydrogens is 437 g/mol. The van der Waals surface area contributed by atoms with E-state index in [0.29, 0.717) is 35.1 Å². The van der Waals surface area contributed by atoms with Crippen LogP contribution in [-0.4, -0.2) is 65.7 Å². The summed E-state index contributed by atoms with van der Waals surface area (Å²) in [5, 5.41) is 24.4. The van der Waals surface area contributed by atoms with E-state index in [1.54, 1.807) is 6.92 Å². The highest BCUT2D eigenvalue weighted by molar-refractivity contribution is 6.43. The Balaban J connectivity index is 1.56. The van der Waals surface area contributed by atoms with E-state index < -0.39 is 5.82 Å². The van der Waals surface area contributed by atoms with E-state index in [-0.39, 0.29) is 54.8 Å². The van der Waals surface area contributed by atoms with Gasteiger partial charge in [-0.05, 0) is 26.0 Å².